The third-order valence-electron chi connectivity index (χ3n) is 5.68. The number of piperidine rings is 1. The molecule has 24 heavy (non-hydrogen) atoms. The summed E-state index contributed by atoms with van der Waals surface area (Å²) in [5.74, 6) is 0.557. The second-order valence-electron chi connectivity index (χ2n) is 7.48. The molecule has 3 aliphatic rings. The molecule has 0 aromatic heterocycles. The molecular formula is C19H27N3OS. The van der Waals surface area contributed by atoms with Crippen LogP contribution in [-0.4, -0.2) is 55.4 Å². The minimum absolute atomic E-state index is 0.316. The fraction of sp³-hybridized carbons (Fsp3) is 0.632. The van der Waals surface area contributed by atoms with Crippen molar-refractivity contribution in [1.82, 2.24) is 10.2 Å². The van der Waals surface area contributed by atoms with E-state index in [1.54, 1.807) is 0 Å². The lowest BCUT2D eigenvalue weighted by Gasteiger charge is -2.37. The predicted molar refractivity (Wildman–Crippen MR) is 102 cm³/mol. The number of hydrogen-bond acceptors (Lipinski definition) is 3. The molecule has 1 aromatic carbocycles. The van der Waals surface area contributed by atoms with Gasteiger partial charge in [-0.3, -0.25) is 0 Å². The first-order valence-corrected chi connectivity index (χ1v) is 9.52. The normalized spacial score (nSPS) is 29.4. The summed E-state index contributed by atoms with van der Waals surface area (Å²) in [6.45, 7) is 6.15. The number of thiocarbonyl (C=S) groups is 1. The second kappa shape index (κ2) is 6.62. The molecule has 0 unspecified atom stereocenters. The third-order valence-corrected chi connectivity index (χ3v) is 6.02. The maximum Gasteiger partial charge on any atom is 0.173 e. The number of nitrogens with zero attached hydrogens (tertiary/aromatic N) is 2. The number of likely N-dealkylation sites (tertiary alicyclic amines) is 1. The Morgan fingerprint density at radius 2 is 2.25 bits per heavy atom. The van der Waals surface area contributed by atoms with Crippen LogP contribution in [0.3, 0.4) is 0 Å². The summed E-state index contributed by atoms with van der Waals surface area (Å²) in [5.41, 5.74) is 4.10. The maximum atomic E-state index is 5.80. The highest BCUT2D eigenvalue weighted by Gasteiger charge is 2.42. The van der Waals surface area contributed by atoms with E-state index in [2.05, 4.69) is 47.3 Å². The van der Waals surface area contributed by atoms with Crippen LogP contribution in [0.4, 0.5) is 5.69 Å². The number of nitrogens with one attached hydrogen (secondary N) is 1. The predicted octanol–water partition coefficient (Wildman–Crippen LogP) is 2.66. The Bertz CT molecular complexity index is 629. The van der Waals surface area contributed by atoms with Crippen molar-refractivity contribution >= 4 is 23.0 Å². The van der Waals surface area contributed by atoms with Crippen molar-refractivity contribution < 1.29 is 4.74 Å². The highest BCUT2D eigenvalue weighted by Crippen LogP contribution is 2.44. The largest absolute Gasteiger partial charge is 0.376 e. The highest BCUT2D eigenvalue weighted by molar-refractivity contribution is 7.80. The summed E-state index contributed by atoms with van der Waals surface area (Å²) >= 11 is 5.80. The summed E-state index contributed by atoms with van der Waals surface area (Å²) in [7, 11) is 2.22. The smallest absolute Gasteiger partial charge is 0.173 e. The molecule has 130 valence electrons. The first kappa shape index (κ1) is 16.3. The van der Waals surface area contributed by atoms with E-state index in [-0.39, 0.29) is 0 Å². The van der Waals surface area contributed by atoms with Crippen LogP contribution >= 0.6 is 12.2 Å². The van der Waals surface area contributed by atoms with Crippen LogP contribution in [0.1, 0.15) is 36.3 Å². The van der Waals surface area contributed by atoms with E-state index >= 15 is 0 Å². The first-order chi connectivity index (χ1) is 11.6. The van der Waals surface area contributed by atoms with Crippen molar-refractivity contribution in [3.63, 3.8) is 0 Å². The van der Waals surface area contributed by atoms with Gasteiger partial charge in [0.15, 0.2) is 5.11 Å². The van der Waals surface area contributed by atoms with Gasteiger partial charge in [-0.25, -0.2) is 0 Å². The van der Waals surface area contributed by atoms with E-state index in [1.807, 2.05) is 0 Å². The molecule has 0 spiro atoms. The third kappa shape index (κ3) is 2.93. The molecule has 0 radical (unpaired) electrons. The Kier molecular flexibility index (Phi) is 4.50. The Labute approximate surface area is 150 Å². The molecule has 0 aliphatic carbocycles. The van der Waals surface area contributed by atoms with Gasteiger partial charge < -0.3 is 19.9 Å². The van der Waals surface area contributed by atoms with Crippen LogP contribution in [-0.2, 0) is 4.74 Å². The van der Waals surface area contributed by atoms with E-state index < -0.39 is 0 Å². The number of ether oxygens (including phenoxy) is 1. The molecule has 0 saturated carbocycles. The number of fused-ring (bicyclic) bond motifs is 3. The van der Waals surface area contributed by atoms with E-state index in [0.29, 0.717) is 18.1 Å². The number of anilines is 1. The van der Waals surface area contributed by atoms with Crippen LogP contribution in [0.5, 0.6) is 0 Å². The minimum atomic E-state index is 0.316. The van der Waals surface area contributed by atoms with Gasteiger partial charge in [-0.2, -0.15) is 0 Å². The Balaban J connectivity index is 1.56. The van der Waals surface area contributed by atoms with Crippen LogP contribution in [0.15, 0.2) is 18.2 Å². The van der Waals surface area contributed by atoms with Crippen LogP contribution in [0.25, 0.3) is 0 Å². The van der Waals surface area contributed by atoms with Crippen molar-refractivity contribution in [2.75, 3.05) is 38.2 Å². The molecule has 4 nitrogen and oxygen atoms in total. The zero-order chi connectivity index (χ0) is 16.7. The fourth-order valence-corrected chi connectivity index (χ4v) is 4.75. The van der Waals surface area contributed by atoms with E-state index in [4.69, 9.17) is 17.0 Å². The summed E-state index contributed by atoms with van der Waals surface area (Å²) in [6, 6.07) is 7.30. The zero-order valence-corrected chi connectivity index (χ0v) is 15.4. The number of aryl methyl sites for hydroxylation is 1. The van der Waals surface area contributed by atoms with Gasteiger partial charge in [0.05, 0.1) is 6.10 Å². The summed E-state index contributed by atoms with van der Waals surface area (Å²) in [4.78, 5) is 4.83. The quantitative estimate of drug-likeness (QED) is 0.832. The van der Waals surface area contributed by atoms with E-state index in [9.17, 15) is 0 Å². The summed E-state index contributed by atoms with van der Waals surface area (Å²) < 4.78 is 5.72. The van der Waals surface area contributed by atoms with Crippen molar-refractivity contribution in [2.24, 2.45) is 0 Å². The lowest BCUT2D eigenvalue weighted by Crippen LogP contribution is -2.51. The number of benzene rings is 1. The van der Waals surface area contributed by atoms with Gasteiger partial charge in [0, 0.05) is 37.3 Å². The topological polar surface area (TPSA) is 27.7 Å². The Hall–Kier alpha value is -1.17. The van der Waals surface area contributed by atoms with Crippen LogP contribution in [0, 0.1) is 6.92 Å². The molecule has 0 amide bonds. The fourth-order valence-electron chi connectivity index (χ4n) is 4.44. The standard InChI is InChI=1S/C19H27N3OS/c1-13-5-6-17-15(10-13)16-12-21(2)8-7-18(16)22(17)19(24)20-11-14-4-3-9-23-14/h5-6,10,14,16,18H,3-4,7-9,11-12H2,1-2H3,(H,20,24)/t14-,16+,18+/m1/s1. The Morgan fingerprint density at radius 1 is 1.38 bits per heavy atom. The maximum absolute atomic E-state index is 5.80. The highest BCUT2D eigenvalue weighted by atomic mass is 32.1. The molecule has 1 aromatic rings. The van der Waals surface area contributed by atoms with Crippen molar-refractivity contribution in [3.05, 3.63) is 29.3 Å². The average Bonchev–Trinajstić information content (AvgIpc) is 3.18. The van der Waals surface area contributed by atoms with Gasteiger partial charge in [0.2, 0.25) is 0 Å². The molecule has 1 N–H and O–H groups in total. The van der Waals surface area contributed by atoms with Crippen molar-refractivity contribution in [3.8, 4) is 0 Å². The van der Waals surface area contributed by atoms with Gasteiger partial charge in [0.1, 0.15) is 0 Å². The van der Waals surface area contributed by atoms with E-state index in [1.165, 1.54) is 23.2 Å². The van der Waals surface area contributed by atoms with Gasteiger partial charge in [-0.05, 0) is 63.6 Å². The van der Waals surface area contributed by atoms with Gasteiger partial charge in [-0.15, -0.1) is 0 Å². The number of likely N-dealkylation sites (N-methyl/N-ethyl adjacent to an activating group) is 1. The lowest BCUT2D eigenvalue weighted by atomic mass is 9.89. The Morgan fingerprint density at radius 3 is 3.04 bits per heavy atom. The molecule has 4 rings (SSSR count). The molecular weight excluding hydrogens is 318 g/mol. The van der Waals surface area contributed by atoms with Gasteiger partial charge >= 0.3 is 0 Å². The zero-order valence-electron chi connectivity index (χ0n) is 14.6. The summed E-state index contributed by atoms with van der Waals surface area (Å²) in [5, 5.41) is 4.35. The molecule has 3 aliphatic heterocycles. The summed E-state index contributed by atoms with van der Waals surface area (Å²) in [6.07, 6.45) is 3.79. The van der Waals surface area contributed by atoms with Crippen LogP contribution < -0.4 is 10.2 Å². The average molecular weight is 346 g/mol. The molecule has 3 atom stereocenters. The first-order valence-electron chi connectivity index (χ1n) is 9.11. The SMILES string of the molecule is Cc1ccc2c(c1)[C@@H]1CN(C)CC[C@@H]1N2C(=S)NC[C@H]1CCCO1. The second-order valence-corrected chi connectivity index (χ2v) is 7.86. The van der Waals surface area contributed by atoms with Gasteiger partial charge in [-0.1, -0.05) is 17.7 Å². The van der Waals surface area contributed by atoms with Gasteiger partial charge in [0.25, 0.3) is 0 Å². The van der Waals surface area contributed by atoms with E-state index in [0.717, 1.165) is 44.2 Å². The molecule has 0 bridgehead atoms. The van der Waals surface area contributed by atoms with Crippen molar-refractivity contribution in [1.29, 1.82) is 0 Å². The molecule has 3 heterocycles. The number of hydrogen-bond donors (Lipinski definition) is 1. The molecule has 2 saturated heterocycles. The molecule has 5 heteroatoms. The molecule has 2 fully saturated rings. The monoisotopic (exact) mass is 345 g/mol. The van der Waals surface area contributed by atoms with Crippen molar-refractivity contribution in [2.45, 2.75) is 44.2 Å². The minimum Gasteiger partial charge on any atom is -0.376 e. The lowest BCUT2D eigenvalue weighted by molar-refractivity contribution is 0.114. The van der Waals surface area contributed by atoms with Crippen LogP contribution in [0.2, 0.25) is 0 Å². The number of rotatable bonds is 2.